The van der Waals surface area contributed by atoms with E-state index >= 15 is 0 Å². The molecule has 3 heterocycles. The zero-order chi connectivity index (χ0) is 25.7. The van der Waals surface area contributed by atoms with Gasteiger partial charge in [-0.25, -0.2) is 4.79 Å². The van der Waals surface area contributed by atoms with Crippen molar-refractivity contribution < 1.29 is 19.1 Å². The van der Waals surface area contributed by atoms with Crippen molar-refractivity contribution in [2.45, 2.75) is 18.6 Å². The summed E-state index contributed by atoms with van der Waals surface area (Å²) >= 11 is 4.18. The molecule has 0 aliphatic heterocycles. The molecule has 4 aromatic rings. The van der Waals surface area contributed by atoms with E-state index in [1.165, 1.54) is 35.1 Å². The van der Waals surface area contributed by atoms with E-state index in [4.69, 9.17) is 9.47 Å². The van der Waals surface area contributed by atoms with Gasteiger partial charge in [-0.05, 0) is 30.7 Å². The van der Waals surface area contributed by atoms with Crippen LogP contribution in [0.5, 0.6) is 5.75 Å². The number of hydrogen-bond donors (Lipinski definition) is 1. The van der Waals surface area contributed by atoms with Crippen LogP contribution in [0.1, 0.15) is 15.2 Å². The standard InChI is InChI=1S/C25H24N4O4S3/c1-5-10-29-22(17-11-15(2)34-12-17)27-28-25(29)36-14-20(30)26-23-21(24(31)33-4)19(13-35-23)16-6-8-18(32-3)9-7-16/h5-9,11-13H,1,10,14H2,2-4H3,(H,26,30). The van der Waals surface area contributed by atoms with Crippen LogP contribution in [0.4, 0.5) is 5.00 Å². The molecule has 4 rings (SSSR count). The Kier molecular flexibility index (Phi) is 8.24. The van der Waals surface area contributed by atoms with E-state index < -0.39 is 5.97 Å². The number of rotatable bonds is 10. The van der Waals surface area contributed by atoms with Gasteiger partial charge in [-0.15, -0.1) is 39.4 Å². The first-order chi connectivity index (χ1) is 17.4. The van der Waals surface area contributed by atoms with Gasteiger partial charge in [-0.1, -0.05) is 30.0 Å². The molecule has 1 amide bonds. The van der Waals surface area contributed by atoms with E-state index in [-0.39, 0.29) is 11.7 Å². The third-order valence-electron chi connectivity index (χ3n) is 5.18. The van der Waals surface area contributed by atoms with Crippen molar-refractivity contribution in [1.82, 2.24) is 14.8 Å². The average molecular weight is 541 g/mol. The van der Waals surface area contributed by atoms with Gasteiger partial charge in [0.15, 0.2) is 11.0 Å². The molecule has 0 saturated heterocycles. The van der Waals surface area contributed by atoms with Crippen LogP contribution in [0.2, 0.25) is 0 Å². The van der Waals surface area contributed by atoms with E-state index in [9.17, 15) is 9.59 Å². The Morgan fingerprint density at radius 1 is 1.14 bits per heavy atom. The molecule has 8 nitrogen and oxygen atoms in total. The van der Waals surface area contributed by atoms with E-state index in [1.54, 1.807) is 24.5 Å². The summed E-state index contributed by atoms with van der Waals surface area (Å²) in [5.41, 5.74) is 2.79. The summed E-state index contributed by atoms with van der Waals surface area (Å²) in [6, 6.07) is 9.39. The molecular formula is C25H24N4O4S3. The second kappa shape index (κ2) is 11.5. The molecule has 0 bridgehead atoms. The molecule has 0 radical (unpaired) electrons. The predicted molar refractivity (Wildman–Crippen MR) is 145 cm³/mol. The van der Waals surface area contributed by atoms with Crippen molar-refractivity contribution in [3.05, 3.63) is 64.2 Å². The highest BCUT2D eigenvalue weighted by Crippen LogP contribution is 2.37. The summed E-state index contributed by atoms with van der Waals surface area (Å²) in [7, 11) is 2.91. The van der Waals surface area contributed by atoms with Gasteiger partial charge in [0.25, 0.3) is 0 Å². The number of carbonyl (C=O) groups excluding carboxylic acids is 2. The van der Waals surface area contributed by atoms with Crippen LogP contribution in [0.15, 0.2) is 58.9 Å². The van der Waals surface area contributed by atoms with Crippen LogP contribution >= 0.6 is 34.4 Å². The van der Waals surface area contributed by atoms with Gasteiger partial charge in [0.1, 0.15) is 16.3 Å². The molecule has 0 unspecified atom stereocenters. The van der Waals surface area contributed by atoms with Gasteiger partial charge >= 0.3 is 5.97 Å². The molecule has 0 aliphatic rings. The molecule has 1 aromatic carbocycles. The number of ether oxygens (including phenoxy) is 2. The Bertz CT molecular complexity index is 1390. The number of carbonyl (C=O) groups is 2. The zero-order valence-electron chi connectivity index (χ0n) is 19.9. The van der Waals surface area contributed by atoms with Crippen molar-refractivity contribution in [2.24, 2.45) is 0 Å². The first kappa shape index (κ1) is 25.7. The SMILES string of the molecule is C=CCn1c(SCC(=O)Nc2scc(-c3ccc(OC)cc3)c2C(=O)OC)nnc1-c1csc(C)c1. The lowest BCUT2D eigenvalue weighted by atomic mass is 10.0. The van der Waals surface area contributed by atoms with Crippen LogP contribution in [0.3, 0.4) is 0 Å². The highest BCUT2D eigenvalue weighted by Gasteiger charge is 2.23. The molecule has 1 N–H and O–H groups in total. The van der Waals surface area contributed by atoms with Crippen molar-refractivity contribution in [2.75, 3.05) is 25.3 Å². The summed E-state index contributed by atoms with van der Waals surface area (Å²) in [5, 5.41) is 16.4. The first-order valence-corrected chi connectivity index (χ1v) is 13.6. The lowest BCUT2D eigenvalue weighted by Crippen LogP contribution is -2.16. The Morgan fingerprint density at radius 2 is 1.92 bits per heavy atom. The largest absolute Gasteiger partial charge is 0.497 e. The fourth-order valence-corrected chi connectivity index (χ4v) is 5.90. The Balaban J connectivity index is 1.51. The van der Waals surface area contributed by atoms with Gasteiger partial charge in [-0.2, -0.15) is 0 Å². The number of methoxy groups -OCH3 is 2. The quantitative estimate of drug-likeness (QED) is 0.155. The topological polar surface area (TPSA) is 95.3 Å². The summed E-state index contributed by atoms with van der Waals surface area (Å²) < 4.78 is 12.1. The van der Waals surface area contributed by atoms with E-state index in [0.717, 1.165) is 17.0 Å². The number of aromatic nitrogens is 3. The van der Waals surface area contributed by atoms with Gasteiger partial charge in [0, 0.05) is 33.3 Å². The molecule has 11 heteroatoms. The fraction of sp³-hybridized carbons (Fsp3) is 0.200. The lowest BCUT2D eigenvalue weighted by Gasteiger charge is -2.09. The number of nitrogens with zero attached hydrogens (tertiary/aromatic N) is 3. The number of esters is 1. The number of anilines is 1. The maximum Gasteiger partial charge on any atom is 0.341 e. The van der Waals surface area contributed by atoms with Gasteiger partial charge in [-0.3, -0.25) is 9.36 Å². The number of benzene rings is 1. The number of thioether (sulfide) groups is 1. The maximum atomic E-state index is 12.9. The normalized spacial score (nSPS) is 10.8. The molecular weight excluding hydrogens is 517 g/mol. The van der Waals surface area contributed by atoms with Crippen molar-refractivity contribution >= 4 is 51.3 Å². The van der Waals surface area contributed by atoms with Crippen molar-refractivity contribution in [1.29, 1.82) is 0 Å². The first-order valence-electron chi connectivity index (χ1n) is 10.8. The third-order valence-corrected chi connectivity index (χ3v) is 7.91. The van der Waals surface area contributed by atoms with Gasteiger partial charge in [0.05, 0.1) is 20.0 Å². The minimum absolute atomic E-state index is 0.0916. The minimum atomic E-state index is -0.522. The van der Waals surface area contributed by atoms with Crippen LogP contribution in [-0.2, 0) is 16.1 Å². The van der Waals surface area contributed by atoms with Crippen molar-refractivity contribution in [3.8, 4) is 28.3 Å². The van der Waals surface area contributed by atoms with E-state index in [2.05, 4.69) is 28.2 Å². The summed E-state index contributed by atoms with van der Waals surface area (Å²) in [6.45, 7) is 6.38. The minimum Gasteiger partial charge on any atom is -0.497 e. The summed E-state index contributed by atoms with van der Waals surface area (Å²) in [4.78, 5) is 26.6. The molecule has 0 atom stereocenters. The number of hydrogen-bond acceptors (Lipinski definition) is 9. The lowest BCUT2D eigenvalue weighted by molar-refractivity contribution is -0.113. The van der Waals surface area contributed by atoms with Crippen LogP contribution in [0, 0.1) is 6.92 Å². The molecule has 186 valence electrons. The summed E-state index contributed by atoms with van der Waals surface area (Å²) in [6.07, 6.45) is 1.77. The maximum absolute atomic E-state index is 12.9. The Hall–Kier alpha value is -3.41. The zero-order valence-corrected chi connectivity index (χ0v) is 22.4. The highest BCUT2D eigenvalue weighted by molar-refractivity contribution is 7.99. The highest BCUT2D eigenvalue weighted by atomic mass is 32.2. The summed E-state index contributed by atoms with van der Waals surface area (Å²) in [5.74, 6) is 0.744. The van der Waals surface area contributed by atoms with E-state index in [1.807, 2.05) is 46.5 Å². The Morgan fingerprint density at radius 3 is 2.56 bits per heavy atom. The fourth-order valence-electron chi connectivity index (χ4n) is 3.49. The number of amides is 1. The molecule has 0 aliphatic carbocycles. The molecule has 0 spiro atoms. The third kappa shape index (κ3) is 5.53. The van der Waals surface area contributed by atoms with Crippen LogP contribution in [-0.4, -0.2) is 46.6 Å². The molecule has 36 heavy (non-hydrogen) atoms. The number of thiophene rings is 2. The van der Waals surface area contributed by atoms with Crippen LogP contribution in [0.25, 0.3) is 22.5 Å². The number of aryl methyl sites for hydroxylation is 1. The Labute approximate surface area is 221 Å². The predicted octanol–water partition coefficient (Wildman–Crippen LogP) is 5.76. The van der Waals surface area contributed by atoms with Gasteiger partial charge < -0.3 is 14.8 Å². The molecule has 0 fully saturated rings. The second-order valence-electron chi connectivity index (χ2n) is 7.56. The van der Waals surface area contributed by atoms with Crippen molar-refractivity contribution in [3.63, 3.8) is 0 Å². The molecule has 3 aromatic heterocycles. The number of nitrogens with one attached hydrogen (secondary N) is 1. The smallest absolute Gasteiger partial charge is 0.341 e. The monoisotopic (exact) mass is 540 g/mol. The molecule has 0 saturated carbocycles. The van der Waals surface area contributed by atoms with Gasteiger partial charge in [0.2, 0.25) is 5.91 Å². The van der Waals surface area contributed by atoms with Crippen LogP contribution < -0.4 is 10.1 Å². The average Bonchev–Trinajstić information content (AvgIpc) is 3.61. The van der Waals surface area contributed by atoms with E-state index in [0.29, 0.717) is 33.6 Å². The second-order valence-corrected chi connectivity index (χ2v) is 10.5. The number of allylic oxidation sites excluding steroid dienone is 1.